The third kappa shape index (κ3) is 4.22. The van der Waals surface area contributed by atoms with E-state index in [0.717, 1.165) is 16.9 Å². The molecule has 0 radical (unpaired) electrons. The minimum atomic E-state index is -0.753. The third-order valence-electron chi connectivity index (χ3n) is 3.98. The first-order valence-corrected chi connectivity index (χ1v) is 8.51. The van der Waals surface area contributed by atoms with Crippen molar-refractivity contribution in [2.75, 3.05) is 10.2 Å². The van der Waals surface area contributed by atoms with E-state index in [1.807, 2.05) is 69.3 Å². The zero-order valence-electron chi connectivity index (χ0n) is 15.6. The number of anilines is 2. The fraction of sp³-hybridized carbons (Fsp3) is 0.318. The van der Waals surface area contributed by atoms with Gasteiger partial charge >= 0.3 is 0 Å². The number of amides is 1. The molecule has 0 aliphatic carbocycles. The zero-order chi connectivity index (χ0) is 18.6. The molecule has 0 aliphatic rings. The SMILES string of the molecule is C#CC(C)(C)N(C(=O)c1cc(C)ccc1NC(C)C)c1ccccc1. The molecule has 2 aromatic rings. The number of hydrogen-bond acceptors (Lipinski definition) is 2. The van der Waals surface area contributed by atoms with Crippen LogP contribution in [0.15, 0.2) is 48.5 Å². The van der Waals surface area contributed by atoms with Crippen molar-refractivity contribution in [2.24, 2.45) is 0 Å². The normalized spacial score (nSPS) is 11.1. The van der Waals surface area contributed by atoms with Crippen LogP contribution in [0, 0.1) is 19.3 Å². The number of benzene rings is 2. The molecule has 0 saturated heterocycles. The fourth-order valence-electron chi connectivity index (χ4n) is 2.73. The Balaban J connectivity index is 2.58. The fourth-order valence-corrected chi connectivity index (χ4v) is 2.73. The van der Waals surface area contributed by atoms with Crippen LogP contribution in [-0.4, -0.2) is 17.5 Å². The Hall–Kier alpha value is -2.73. The summed E-state index contributed by atoms with van der Waals surface area (Å²) in [5, 5.41) is 3.36. The molecule has 0 atom stereocenters. The number of carbonyl (C=O) groups excluding carboxylic acids is 1. The second kappa shape index (κ2) is 7.44. The van der Waals surface area contributed by atoms with Gasteiger partial charge in [0.1, 0.15) is 5.54 Å². The van der Waals surface area contributed by atoms with E-state index in [0.29, 0.717) is 5.56 Å². The summed E-state index contributed by atoms with van der Waals surface area (Å²) in [6.45, 7) is 9.84. The van der Waals surface area contributed by atoms with E-state index in [4.69, 9.17) is 6.42 Å². The molecular weight excluding hydrogens is 308 g/mol. The molecule has 0 fully saturated rings. The molecule has 3 heteroatoms. The molecule has 1 N–H and O–H groups in total. The Morgan fingerprint density at radius 3 is 2.36 bits per heavy atom. The number of nitrogens with one attached hydrogen (secondary N) is 1. The van der Waals surface area contributed by atoms with Crippen molar-refractivity contribution < 1.29 is 4.79 Å². The van der Waals surface area contributed by atoms with Gasteiger partial charge in [-0.1, -0.05) is 35.7 Å². The van der Waals surface area contributed by atoms with Crippen molar-refractivity contribution in [2.45, 2.75) is 46.2 Å². The summed E-state index contributed by atoms with van der Waals surface area (Å²) in [5.74, 6) is 2.64. The van der Waals surface area contributed by atoms with Crippen LogP contribution in [0.2, 0.25) is 0 Å². The average molecular weight is 334 g/mol. The molecule has 0 unspecified atom stereocenters. The van der Waals surface area contributed by atoms with Crippen LogP contribution in [0.4, 0.5) is 11.4 Å². The maximum Gasteiger partial charge on any atom is 0.261 e. The molecule has 0 spiro atoms. The van der Waals surface area contributed by atoms with Gasteiger partial charge in [0.05, 0.1) is 5.56 Å². The van der Waals surface area contributed by atoms with Crippen LogP contribution in [0.1, 0.15) is 43.6 Å². The quantitative estimate of drug-likeness (QED) is 0.791. The number of hydrogen-bond donors (Lipinski definition) is 1. The number of carbonyl (C=O) groups is 1. The van der Waals surface area contributed by atoms with E-state index in [9.17, 15) is 4.79 Å². The molecule has 0 bridgehead atoms. The number of aryl methyl sites for hydroxylation is 1. The first kappa shape index (κ1) is 18.6. The predicted molar refractivity (Wildman–Crippen MR) is 106 cm³/mol. The molecule has 1 amide bonds. The summed E-state index contributed by atoms with van der Waals surface area (Å²) in [4.78, 5) is 15.2. The highest BCUT2D eigenvalue weighted by molar-refractivity contribution is 6.11. The lowest BCUT2D eigenvalue weighted by Crippen LogP contribution is -2.47. The second-order valence-electron chi connectivity index (χ2n) is 7.03. The first-order chi connectivity index (χ1) is 11.8. The van der Waals surface area contributed by atoms with Crippen LogP contribution in [0.25, 0.3) is 0 Å². The van der Waals surface area contributed by atoms with Crippen molar-refractivity contribution in [3.8, 4) is 12.3 Å². The Labute approximate surface area is 151 Å². The summed E-state index contributed by atoms with van der Waals surface area (Å²) in [7, 11) is 0. The maximum absolute atomic E-state index is 13.5. The lowest BCUT2D eigenvalue weighted by Gasteiger charge is -2.35. The van der Waals surface area contributed by atoms with E-state index < -0.39 is 5.54 Å². The smallest absolute Gasteiger partial charge is 0.261 e. The van der Waals surface area contributed by atoms with Gasteiger partial charge < -0.3 is 5.32 Å². The van der Waals surface area contributed by atoms with Gasteiger partial charge in [0.15, 0.2) is 0 Å². The minimum absolute atomic E-state index is 0.110. The molecule has 3 nitrogen and oxygen atoms in total. The van der Waals surface area contributed by atoms with E-state index in [2.05, 4.69) is 25.1 Å². The van der Waals surface area contributed by atoms with Crippen LogP contribution < -0.4 is 10.2 Å². The summed E-state index contributed by atoms with van der Waals surface area (Å²) >= 11 is 0. The molecule has 25 heavy (non-hydrogen) atoms. The summed E-state index contributed by atoms with van der Waals surface area (Å²) in [6, 6.07) is 15.6. The molecular formula is C22H26N2O. The minimum Gasteiger partial charge on any atom is -0.382 e. The number of rotatable bonds is 5. The average Bonchev–Trinajstić information content (AvgIpc) is 2.57. The van der Waals surface area contributed by atoms with E-state index in [1.165, 1.54) is 0 Å². The van der Waals surface area contributed by atoms with Crippen molar-refractivity contribution in [1.29, 1.82) is 0 Å². The van der Waals surface area contributed by atoms with E-state index in [-0.39, 0.29) is 11.9 Å². The highest BCUT2D eigenvalue weighted by atomic mass is 16.2. The van der Waals surface area contributed by atoms with Gasteiger partial charge in [-0.25, -0.2) is 0 Å². The molecule has 0 heterocycles. The summed E-state index contributed by atoms with van der Waals surface area (Å²) in [6.07, 6.45) is 5.75. The van der Waals surface area contributed by atoms with Crippen LogP contribution in [0.5, 0.6) is 0 Å². The summed E-state index contributed by atoms with van der Waals surface area (Å²) in [5.41, 5.74) is 2.51. The Morgan fingerprint density at radius 1 is 1.16 bits per heavy atom. The Bertz CT molecular complexity index is 785. The predicted octanol–water partition coefficient (Wildman–Crippen LogP) is 4.87. The molecule has 0 aliphatic heterocycles. The Morgan fingerprint density at radius 2 is 1.80 bits per heavy atom. The number of nitrogens with zero attached hydrogens (tertiary/aromatic N) is 1. The van der Waals surface area contributed by atoms with Crippen LogP contribution in [-0.2, 0) is 0 Å². The zero-order valence-corrected chi connectivity index (χ0v) is 15.6. The van der Waals surface area contributed by atoms with Gasteiger partial charge in [-0.2, -0.15) is 0 Å². The third-order valence-corrected chi connectivity index (χ3v) is 3.98. The molecule has 0 aromatic heterocycles. The number of terminal acetylenes is 1. The largest absolute Gasteiger partial charge is 0.382 e. The molecule has 130 valence electrons. The van der Waals surface area contributed by atoms with Gasteiger partial charge in [-0.3, -0.25) is 9.69 Å². The lowest BCUT2D eigenvalue weighted by atomic mass is 9.99. The van der Waals surface area contributed by atoms with E-state index >= 15 is 0 Å². The monoisotopic (exact) mass is 334 g/mol. The van der Waals surface area contributed by atoms with Gasteiger partial charge in [0.25, 0.3) is 5.91 Å². The summed E-state index contributed by atoms with van der Waals surface area (Å²) < 4.78 is 0. The van der Waals surface area contributed by atoms with Crippen molar-refractivity contribution >= 4 is 17.3 Å². The standard InChI is InChI=1S/C22H26N2O/c1-7-22(5,6)24(18-11-9-8-10-12-18)21(25)19-15-17(4)13-14-20(19)23-16(2)3/h1,8-16,23H,2-6H3. The van der Waals surface area contributed by atoms with E-state index in [1.54, 1.807) is 4.90 Å². The van der Waals surface area contributed by atoms with Gasteiger partial charge in [0, 0.05) is 17.4 Å². The Kier molecular flexibility index (Phi) is 5.54. The second-order valence-corrected chi connectivity index (χ2v) is 7.03. The lowest BCUT2D eigenvalue weighted by molar-refractivity contribution is 0.0973. The van der Waals surface area contributed by atoms with Gasteiger partial charge in [-0.15, -0.1) is 6.42 Å². The molecule has 2 rings (SSSR count). The van der Waals surface area contributed by atoms with Crippen LogP contribution >= 0.6 is 0 Å². The highest BCUT2D eigenvalue weighted by Gasteiger charge is 2.32. The highest BCUT2D eigenvalue weighted by Crippen LogP contribution is 2.29. The van der Waals surface area contributed by atoms with Crippen molar-refractivity contribution in [1.82, 2.24) is 0 Å². The van der Waals surface area contributed by atoms with Gasteiger partial charge in [0.2, 0.25) is 0 Å². The molecule has 0 saturated carbocycles. The van der Waals surface area contributed by atoms with Crippen molar-refractivity contribution in [3.63, 3.8) is 0 Å². The maximum atomic E-state index is 13.5. The molecule has 2 aromatic carbocycles. The van der Waals surface area contributed by atoms with Crippen LogP contribution in [0.3, 0.4) is 0 Å². The van der Waals surface area contributed by atoms with Gasteiger partial charge in [-0.05, 0) is 58.9 Å². The number of para-hydroxylation sites is 1. The topological polar surface area (TPSA) is 32.3 Å². The first-order valence-electron chi connectivity index (χ1n) is 8.51. The van der Waals surface area contributed by atoms with Crippen molar-refractivity contribution in [3.05, 3.63) is 59.7 Å².